The zero-order chi connectivity index (χ0) is 11.7. The molecule has 6 heteroatoms. The van der Waals surface area contributed by atoms with Crippen LogP contribution < -0.4 is 15.1 Å². The molecular weight excluding hydrogens is 210 g/mol. The van der Waals surface area contributed by atoms with Crippen LogP contribution in [0.3, 0.4) is 0 Å². The van der Waals surface area contributed by atoms with E-state index in [4.69, 9.17) is 4.84 Å². The molecule has 0 radical (unpaired) electrons. The van der Waals surface area contributed by atoms with Crippen molar-refractivity contribution in [2.45, 2.75) is 32.4 Å². The first-order valence-corrected chi connectivity index (χ1v) is 5.30. The number of aromatic hydroxyl groups is 2. The standard InChI is InChI=1S/C10H15N3O3/c1-3-7-6(2)11-10(12-7)16-13-8(14)4-5-9(13)15/h4-7,14-15H,3H2,1-2H3,(H,11,12)/p+1. The Morgan fingerprint density at radius 3 is 2.56 bits per heavy atom. The average Bonchev–Trinajstić information content (AvgIpc) is 2.76. The summed E-state index contributed by atoms with van der Waals surface area (Å²) in [7, 11) is 0. The van der Waals surface area contributed by atoms with Gasteiger partial charge >= 0.3 is 6.02 Å². The van der Waals surface area contributed by atoms with E-state index in [2.05, 4.69) is 17.2 Å². The molecule has 16 heavy (non-hydrogen) atoms. The number of aromatic nitrogens is 1. The van der Waals surface area contributed by atoms with Gasteiger partial charge in [-0.25, -0.2) is 10.3 Å². The molecule has 88 valence electrons. The molecule has 1 aliphatic heterocycles. The van der Waals surface area contributed by atoms with Gasteiger partial charge in [0.2, 0.25) is 11.8 Å². The Hall–Kier alpha value is -1.85. The highest BCUT2D eigenvalue weighted by molar-refractivity contribution is 5.69. The van der Waals surface area contributed by atoms with Crippen molar-refractivity contribution in [3.63, 3.8) is 0 Å². The number of nitrogens with zero attached hydrogens (tertiary/aromatic N) is 1. The molecule has 0 aliphatic carbocycles. The van der Waals surface area contributed by atoms with Gasteiger partial charge in [0, 0.05) is 12.1 Å². The van der Waals surface area contributed by atoms with E-state index in [9.17, 15) is 10.2 Å². The largest absolute Gasteiger partial charge is 0.492 e. The summed E-state index contributed by atoms with van der Waals surface area (Å²) in [6.07, 6.45) is 0.963. The van der Waals surface area contributed by atoms with Gasteiger partial charge in [0.05, 0.1) is 0 Å². The second-order valence-corrected chi connectivity index (χ2v) is 3.86. The van der Waals surface area contributed by atoms with Gasteiger partial charge < -0.3 is 10.2 Å². The topological polar surface area (TPSA) is 80.6 Å². The third-order valence-electron chi connectivity index (χ3n) is 2.70. The van der Waals surface area contributed by atoms with Gasteiger partial charge in [-0.2, -0.15) is 0 Å². The number of hydrogen-bond donors (Lipinski definition) is 4. The Labute approximate surface area is 93.1 Å². The Morgan fingerprint density at radius 1 is 1.44 bits per heavy atom. The molecular formula is C10H16N3O3+. The van der Waals surface area contributed by atoms with Gasteiger partial charge in [-0.15, -0.1) is 4.73 Å². The summed E-state index contributed by atoms with van der Waals surface area (Å²) in [5.41, 5.74) is 0. The predicted octanol–water partition coefficient (Wildman–Crippen LogP) is -1.47. The highest BCUT2D eigenvalue weighted by Gasteiger charge is 2.32. The first-order chi connectivity index (χ1) is 7.61. The van der Waals surface area contributed by atoms with Crippen LogP contribution in [0.25, 0.3) is 0 Å². The highest BCUT2D eigenvalue weighted by atomic mass is 16.7. The lowest BCUT2D eigenvalue weighted by molar-refractivity contribution is -0.503. The van der Waals surface area contributed by atoms with E-state index in [1.807, 2.05) is 6.92 Å². The Bertz CT molecular complexity index is 394. The lowest BCUT2D eigenvalue weighted by Crippen LogP contribution is -2.79. The molecule has 2 heterocycles. The highest BCUT2D eigenvalue weighted by Crippen LogP contribution is 2.18. The van der Waals surface area contributed by atoms with Crippen molar-refractivity contribution >= 4 is 6.02 Å². The van der Waals surface area contributed by atoms with E-state index in [1.54, 1.807) is 0 Å². The third-order valence-corrected chi connectivity index (χ3v) is 2.70. The summed E-state index contributed by atoms with van der Waals surface area (Å²) in [6.45, 7) is 4.11. The van der Waals surface area contributed by atoms with Crippen LogP contribution in [0.2, 0.25) is 0 Å². The van der Waals surface area contributed by atoms with Crippen molar-refractivity contribution in [2.24, 2.45) is 0 Å². The normalized spacial score (nSPS) is 24.0. The van der Waals surface area contributed by atoms with Crippen molar-refractivity contribution < 1.29 is 20.0 Å². The van der Waals surface area contributed by atoms with Gasteiger partial charge in [-0.3, -0.25) is 4.84 Å². The second kappa shape index (κ2) is 3.96. The van der Waals surface area contributed by atoms with Crippen molar-refractivity contribution in [3.8, 4) is 11.8 Å². The monoisotopic (exact) mass is 226 g/mol. The molecule has 0 spiro atoms. The van der Waals surface area contributed by atoms with Crippen LogP contribution in [0, 0.1) is 0 Å². The van der Waals surface area contributed by atoms with Crippen LogP contribution in [-0.4, -0.2) is 33.0 Å². The molecule has 0 saturated heterocycles. The smallest absolute Gasteiger partial charge is 0.468 e. The minimum atomic E-state index is -0.152. The van der Waals surface area contributed by atoms with Crippen LogP contribution in [0.4, 0.5) is 0 Å². The van der Waals surface area contributed by atoms with Crippen molar-refractivity contribution in [3.05, 3.63) is 12.1 Å². The Balaban J connectivity index is 2.12. The van der Waals surface area contributed by atoms with Gasteiger partial charge in [0.1, 0.15) is 12.1 Å². The van der Waals surface area contributed by atoms with E-state index in [-0.39, 0.29) is 23.8 Å². The Morgan fingerprint density at radius 2 is 2.06 bits per heavy atom. The maximum Gasteiger partial charge on any atom is 0.468 e. The summed E-state index contributed by atoms with van der Waals surface area (Å²) < 4.78 is 0.945. The summed E-state index contributed by atoms with van der Waals surface area (Å²) in [5, 5.41) is 21.9. The lowest BCUT2D eigenvalue weighted by atomic mass is 10.1. The van der Waals surface area contributed by atoms with Gasteiger partial charge in [0.15, 0.2) is 0 Å². The summed E-state index contributed by atoms with van der Waals surface area (Å²) in [4.78, 5) is 8.41. The fourth-order valence-electron chi connectivity index (χ4n) is 1.74. The van der Waals surface area contributed by atoms with Gasteiger partial charge in [-0.1, -0.05) is 6.92 Å². The van der Waals surface area contributed by atoms with E-state index in [0.717, 1.165) is 11.2 Å². The fourth-order valence-corrected chi connectivity index (χ4v) is 1.74. The molecule has 1 aliphatic rings. The molecule has 0 amide bonds. The molecule has 0 bridgehead atoms. The van der Waals surface area contributed by atoms with Crippen molar-refractivity contribution in [2.75, 3.05) is 0 Å². The zero-order valence-corrected chi connectivity index (χ0v) is 9.27. The van der Waals surface area contributed by atoms with Crippen LogP contribution >= 0.6 is 0 Å². The first kappa shape index (κ1) is 10.7. The number of rotatable bonds is 2. The molecule has 0 aromatic carbocycles. The van der Waals surface area contributed by atoms with Crippen LogP contribution in [-0.2, 0) is 0 Å². The van der Waals surface area contributed by atoms with E-state index in [1.165, 1.54) is 12.1 Å². The number of nitrogens with one attached hydrogen (secondary N) is 2. The first-order valence-electron chi connectivity index (χ1n) is 5.30. The van der Waals surface area contributed by atoms with E-state index in [0.29, 0.717) is 6.02 Å². The minimum absolute atomic E-state index is 0.152. The maximum atomic E-state index is 9.39. The van der Waals surface area contributed by atoms with Gasteiger partial charge in [-0.05, 0) is 13.3 Å². The van der Waals surface area contributed by atoms with E-state index < -0.39 is 0 Å². The predicted molar refractivity (Wildman–Crippen MR) is 57.0 cm³/mol. The van der Waals surface area contributed by atoms with Crippen LogP contribution in [0.1, 0.15) is 20.3 Å². The molecule has 2 atom stereocenters. The summed E-state index contributed by atoms with van der Waals surface area (Å²) in [6, 6.07) is 3.67. The quantitative estimate of drug-likeness (QED) is 0.496. The second-order valence-electron chi connectivity index (χ2n) is 3.86. The molecule has 0 fully saturated rings. The summed E-state index contributed by atoms with van der Waals surface area (Å²) >= 11 is 0. The van der Waals surface area contributed by atoms with Gasteiger partial charge in [0.25, 0.3) is 0 Å². The third kappa shape index (κ3) is 1.78. The van der Waals surface area contributed by atoms with E-state index >= 15 is 0 Å². The van der Waals surface area contributed by atoms with Crippen molar-refractivity contribution in [1.82, 2.24) is 10.0 Å². The Kier molecular flexibility index (Phi) is 2.64. The van der Waals surface area contributed by atoms with Crippen LogP contribution in [0.15, 0.2) is 12.1 Å². The van der Waals surface area contributed by atoms with Crippen LogP contribution in [0.5, 0.6) is 11.8 Å². The maximum absolute atomic E-state index is 9.39. The molecule has 2 unspecified atom stereocenters. The molecule has 0 saturated carbocycles. The summed E-state index contributed by atoms with van der Waals surface area (Å²) in [5.74, 6) is -0.303. The zero-order valence-electron chi connectivity index (χ0n) is 9.27. The fraction of sp³-hybridized carbons (Fsp3) is 0.500. The molecule has 1 aromatic rings. The molecule has 6 nitrogen and oxygen atoms in total. The molecule has 1 aromatic heterocycles. The SMILES string of the molecule is CCC1[NH+]=C(On2c(O)ccc2O)NC1C. The minimum Gasteiger partial charge on any atom is -0.492 e. The molecule has 4 N–H and O–H groups in total. The lowest BCUT2D eigenvalue weighted by Gasteiger charge is -2.05. The average molecular weight is 226 g/mol. The number of amidine groups is 1. The molecule has 2 rings (SSSR count). The van der Waals surface area contributed by atoms with Crippen molar-refractivity contribution in [1.29, 1.82) is 0 Å². The number of hydrogen-bond acceptors (Lipinski definition) is 4.